The van der Waals surface area contributed by atoms with Crippen molar-refractivity contribution < 1.29 is 17.6 Å². The van der Waals surface area contributed by atoms with Crippen LogP contribution < -0.4 is 11.0 Å². The molecule has 27 heavy (non-hydrogen) atoms. The minimum atomic E-state index is -3.94. The lowest BCUT2D eigenvalue weighted by atomic mass is 10.2. The fourth-order valence-electron chi connectivity index (χ4n) is 2.80. The van der Waals surface area contributed by atoms with E-state index in [4.69, 9.17) is 0 Å². The number of sulfone groups is 1. The zero-order valence-electron chi connectivity index (χ0n) is 15.0. The number of benzene rings is 2. The molecule has 9 heteroatoms. The molecule has 3 aromatic rings. The second-order valence-electron chi connectivity index (χ2n) is 6.32. The number of aromatic nitrogens is 2. The first kappa shape index (κ1) is 18.8. The average molecular weight is 391 g/mol. The first-order valence-corrected chi connectivity index (χ1v) is 9.69. The lowest BCUT2D eigenvalue weighted by Gasteiger charge is -2.08. The van der Waals surface area contributed by atoms with Crippen molar-refractivity contribution in [1.29, 1.82) is 0 Å². The molecule has 0 radical (unpaired) electrons. The molecule has 0 atom stereocenters. The van der Waals surface area contributed by atoms with Crippen molar-refractivity contribution in [2.75, 3.05) is 11.1 Å². The quantitative estimate of drug-likeness (QED) is 0.734. The van der Waals surface area contributed by atoms with Crippen LogP contribution in [-0.4, -0.2) is 29.2 Å². The molecule has 0 bridgehead atoms. The number of rotatable bonds is 4. The highest BCUT2D eigenvalue weighted by atomic mass is 32.2. The highest BCUT2D eigenvalue weighted by Crippen LogP contribution is 2.19. The van der Waals surface area contributed by atoms with Gasteiger partial charge in [0.25, 0.3) is 0 Å². The van der Waals surface area contributed by atoms with E-state index in [2.05, 4.69) is 5.32 Å². The largest absolute Gasteiger partial charge is 0.328 e. The minimum Gasteiger partial charge on any atom is -0.325 e. The lowest BCUT2D eigenvalue weighted by Crippen LogP contribution is -2.23. The van der Waals surface area contributed by atoms with Crippen LogP contribution in [0.15, 0.2) is 46.1 Å². The second-order valence-corrected chi connectivity index (χ2v) is 8.31. The third kappa shape index (κ3) is 3.50. The molecule has 142 valence electrons. The zero-order valence-corrected chi connectivity index (χ0v) is 15.8. The molecule has 7 nitrogen and oxygen atoms in total. The summed E-state index contributed by atoms with van der Waals surface area (Å²) < 4.78 is 41.4. The van der Waals surface area contributed by atoms with E-state index in [-0.39, 0.29) is 16.3 Å². The third-order valence-corrected chi connectivity index (χ3v) is 5.99. The van der Waals surface area contributed by atoms with Gasteiger partial charge >= 0.3 is 5.69 Å². The van der Waals surface area contributed by atoms with E-state index in [9.17, 15) is 22.4 Å². The van der Waals surface area contributed by atoms with Crippen LogP contribution in [0.25, 0.3) is 11.0 Å². The van der Waals surface area contributed by atoms with Crippen molar-refractivity contribution in [3.05, 3.63) is 58.3 Å². The van der Waals surface area contributed by atoms with Crippen LogP contribution in [-0.2, 0) is 28.7 Å². The van der Waals surface area contributed by atoms with E-state index in [0.717, 1.165) is 6.07 Å². The molecule has 0 unspecified atom stereocenters. The number of imidazole rings is 1. The van der Waals surface area contributed by atoms with Gasteiger partial charge in [0.1, 0.15) is 11.6 Å². The highest BCUT2D eigenvalue weighted by molar-refractivity contribution is 7.92. The van der Waals surface area contributed by atoms with Crippen molar-refractivity contribution in [2.45, 2.75) is 11.8 Å². The SMILES string of the molecule is Cc1ccc(NC(=O)CS(=O)(=O)c2ccc3c(c2)n(C)c(=O)n3C)cc1F. The standard InChI is InChI=1S/C18H18FN3O4S/c1-11-4-5-12(8-14(11)19)20-17(23)10-27(25,26)13-6-7-15-16(9-13)22(3)18(24)21(15)2/h4-9H,10H2,1-3H3,(H,20,23). The molecule has 0 saturated carbocycles. The number of nitrogens with zero attached hydrogens (tertiary/aromatic N) is 2. The minimum absolute atomic E-state index is 0.0681. The highest BCUT2D eigenvalue weighted by Gasteiger charge is 2.21. The van der Waals surface area contributed by atoms with Gasteiger partial charge in [0.05, 0.1) is 15.9 Å². The van der Waals surface area contributed by atoms with E-state index >= 15 is 0 Å². The van der Waals surface area contributed by atoms with Gasteiger partial charge in [0.15, 0.2) is 9.84 Å². The Morgan fingerprint density at radius 2 is 1.74 bits per heavy atom. The van der Waals surface area contributed by atoms with Gasteiger partial charge in [-0.25, -0.2) is 17.6 Å². The first-order valence-electron chi connectivity index (χ1n) is 8.04. The summed E-state index contributed by atoms with van der Waals surface area (Å²) in [5, 5.41) is 2.38. The maximum Gasteiger partial charge on any atom is 0.328 e. The van der Waals surface area contributed by atoms with Gasteiger partial charge in [-0.3, -0.25) is 13.9 Å². The molecule has 0 aliphatic heterocycles. The number of fused-ring (bicyclic) bond motifs is 1. The van der Waals surface area contributed by atoms with E-state index in [1.54, 1.807) is 21.0 Å². The van der Waals surface area contributed by atoms with Gasteiger partial charge in [-0.05, 0) is 42.8 Å². The number of aryl methyl sites for hydroxylation is 3. The number of halogens is 1. The number of nitrogens with one attached hydrogen (secondary N) is 1. The van der Waals surface area contributed by atoms with Crippen LogP contribution >= 0.6 is 0 Å². The van der Waals surface area contributed by atoms with Crippen molar-refractivity contribution >= 4 is 32.5 Å². The van der Waals surface area contributed by atoms with Gasteiger partial charge in [0, 0.05) is 19.8 Å². The summed E-state index contributed by atoms with van der Waals surface area (Å²) in [6.07, 6.45) is 0. The predicted molar refractivity (Wildman–Crippen MR) is 100.0 cm³/mol. The molecular formula is C18H18FN3O4S. The zero-order chi connectivity index (χ0) is 19.9. The molecule has 0 aliphatic rings. The molecule has 1 amide bonds. The Bertz CT molecular complexity index is 1230. The van der Waals surface area contributed by atoms with Crippen molar-refractivity contribution in [1.82, 2.24) is 9.13 Å². The molecule has 0 fully saturated rings. The van der Waals surface area contributed by atoms with Crippen LogP contribution in [0.1, 0.15) is 5.56 Å². The Morgan fingerprint density at radius 3 is 2.41 bits per heavy atom. The number of hydrogen-bond acceptors (Lipinski definition) is 4. The molecule has 1 aromatic heterocycles. The van der Waals surface area contributed by atoms with Gasteiger partial charge in [-0.2, -0.15) is 0 Å². The Hall–Kier alpha value is -2.94. The topological polar surface area (TPSA) is 90.2 Å². The van der Waals surface area contributed by atoms with E-state index in [1.165, 1.54) is 39.5 Å². The Balaban J connectivity index is 1.86. The number of amides is 1. The third-order valence-electron chi connectivity index (χ3n) is 4.38. The van der Waals surface area contributed by atoms with E-state index in [0.29, 0.717) is 16.6 Å². The Kier molecular flexibility index (Phi) is 4.64. The van der Waals surface area contributed by atoms with Crippen molar-refractivity contribution in [3.8, 4) is 0 Å². The molecule has 0 saturated heterocycles. The normalized spacial score (nSPS) is 11.7. The predicted octanol–water partition coefficient (Wildman–Crippen LogP) is 1.74. The number of hydrogen-bond donors (Lipinski definition) is 1. The molecule has 0 spiro atoms. The summed E-state index contributed by atoms with van der Waals surface area (Å²) in [6, 6.07) is 8.36. The summed E-state index contributed by atoms with van der Waals surface area (Å²) in [5.74, 6) is -2.07. The summed E-state index contributed by atoms with van der Waals surface area (Å²) in [6.45, 7) is 1.58. The number of anilines is 1. The van der Waals surface area contributed by atoms with Gasteiger partial charge in [-0.1, -0.05) is 6.07 Å². The van der Waals surface area contributed by atoms with Crippen molar-refractivity contribution in [3.63, 3.8) is 0 Å². The van der Waals surface area contributed by atoms with Crippen LogP contribution in [0.2, 0.25) is 0 Å². The lowest BCUT2D eigenvalue weighted by molar-refractivity contribution is -0.113. The van der Waals surface area contributed by atoms with Gasteiger partial charge in [0.2, 0.25) is 5.91 Å². The summed E-state index contributed by atoms with van der Waals surface area (Å²) in [5.41, 5.74) is 1.35. The van der Waals surface area contributed by atoms with E-state index in [1.807, 2.05) is 0 Å². The Labute approximate surface area is 155 Å². The maximum atomic E-state index is 13.6. The van der Waals surface area contributed by atoms with Crippen LogP contribution in [0.4, 0.5) is 10.1 Å². The summed E-state index contributed by atoms with van der Waals surface area (Å²) >= 11 is 0. The number of carbonyl (C=O) groups is 1. The smallest absolute Gasteiger partial charge is 0.325 e. The van der Waals surface area contributed by atoms with Crippen molar-refractivity contribution in [2.24, 2.45) is 14.1 Å². The molecule has 1 N–H and O–H groups in total. The molecule has 2 aromatic carbocycles. The summed E-state index contributed by atoms with van der Waals surface area (Å²) in [7, 11) is -0.808. The van der Waals surface area contributed by atoms with E-state index < -0.39 is 27.3 Å². The van der Waals surface area contributed by atoms with Crippen LogP contribution in [0, 0.1) is 12.7 Å². The molecule has 0 aliphatic carbocycles. The van der Waals surface area contributed by atoms with Gasteiger partial charge in [-0.15, -0.1) is 0 Å². The van der Waals surface area contributed by atoms with Crippen LogP contribution in [0.3, 0.4) is 0 Å². The maximum absolute atomic E-state index is 13.6. The molecule has 3 rings (SSSR count). The number of carbonyl (C=O) groups excluding carboxylic acids is 1. The average Bonchev–Trinajstić information content (AvgIpc) is 2.82. The fraction of sp³-hybridized carbons (Fsp3) is 0.222. The molecular weight excluding hydrogens is 373 g/mol. The van der Waals surface area contributed by atoms with Crippen LogP contribution in [0.5, 0.6) is 0 Å². The Morgan fingerprint density at radius 1 is 1.07 bits per heavy atom. The molecule has 1 heterocycles. The fourth-order valence-corrected chi connectivity index (χ4v) is 3.95. The second kappa shape index (κ2) is 6.66. The monoisotopic (exact) mass is 391 g/mol. The first-order chi connectivity index (χ1) is 12.6. The summed E-state index contributed by atoms with van der Waals surface area (Å²) in [4.78, 5) is 24.0. The van der Waals surface area contributed by atoms with Gasteiger partial charge < -0.3 is 5.32 Å².